The van der Waals surface area contributed by atoms with Crippen LogP contribution in [0.15, 0.2) is 48.5 Å². The van der Waals surface area contributed by atoms with E-state index in [-0.39, 0.29) is 29.5 Å². The number of hydrogen-bond acceptors (Lipinski definition) is 7. The van der Waals surface area contributed by atoms with Gasteiger partial charge in [-0.05, 0) is 59.1 Å². The second-order valence-electron chi connectivity index (χ2n) is 11.4. The maximum absolute atomic E-state index is 14.0. The first kappa shape index (κ1) is 29.7. The molecule has 0 aliphatic carbocycles. The molecule has 2 amide bonds. The molecule has 38 heavy (non-hydrogen) atoms. The SMILES string of the molecule is CCc1c(O)cccc1C(=O)[C@@H](Cc1ccccc1)[C@](N)(O)C(=O)N1CSC(C)(C)C1C(=O)NC(C)(C)C. The minimum Gasteiger partial charge on any atom is -0.508 e. The van der Waals surface area contributed by atoms with Gasteiger partial charge in [-0.25, -0.2) is 0 Å². The molecule has 3 atom stereocenters. The molecule has 1 aliphatic heterocycles. The highest BCUT2D eigenvalue weighted by atomic mass is 32.2. The molecule has 1 heterocycles. The second-order valence-corrected chi connectivity index (χ2v) is 13.0. The number of nitrogens with one attached hydrogen (secondary N) is 1. The number of amides is 2. The van der Waals surface area contributed by atoms with Crippen LogP contribution in [0.5, 0.6) is 5.75 Å². The van der Waals surface area contributed by atoms with E-state index >= 15 is 0 Å². The van der Waals surface area contributed by atoms with E-state index in [9.17, 15) is 24.6 Å². The van der Waals surface area contributed by atoms with Gasteiger partial charge in [0.15, 0.2) is 5.78 Å². The number of hydrogen-bond donors (Lipinski definition) is 4. The van der Waals surface area contributed by atoms with Crippen LogP contribution in [0.4, 0.5) is 0 Å². The molecule has 0 bridgehead atoms. The quantitative estimate of drug-likeness (QED) is 0.298. The number of aliphatic hydroxyl groups is 1. The number of carbonyl (C=O) groups is 3. The van der Waals surface area contributed by atoms with E-state index < -0.39 is 39.7 Å². The van der Waals surface area contributed by atoms with Gasteiger partial charge >= 0.3 is 0 Å². The van der Waals surface area contributed by atoms with E-state index in [1.165, 1.54) is 22.7 Å². The summed E-state index contributed by atoms with van der Waals surface area (Å²) in [5, 5.41) is 25.0. The molecule has 1 saturated heterocycles. The topological polar surface area (TPSA) is 133 Å². The molecule has 1 unspecified atom stereocenters. The maximum Gasteiger partial charge on any atom is 0.271 e. The van der Waals surface area contributed by atoms with Crippen molar-refractivity contribution >= 4 is 29.4 Å². The molecule has 9 heteroatoms. The van der Waals surface area contributed by atoms with E-state index in [2.05, 4.69) is 5.32 Å². The highest BCUT2D eigenvalue weighted by Gasteiger charge is 2.55. The molecule has 206 valence electrons. The number of carbonyl (C=O) groups excluding carboxylic acids is 3. The van der Waals surface area contributed by atoms with Crippen LogP contribution in [0.2, 0.25) is 0 Å². The fourth-order valence-corrected chi connectivity index (χ4v) is 6.01. The lowest BCUT2D eigenvalue weighted by Gasteiger charge is -2.38. The van der Waals surface area contributed by atoms with Crippen molar-refractivity contribution in [2.75, 3.05) is 5.88 Å². The van der Waals surface area contributed by atoms with Gasteiger partial charge in [-0.2, -0.15) is 0 Å². The molecular formula is C29H39N3O5S. The van der Waals surface area contributed by atoms with Crippen LogP contribution < -0.4 is 11.1 Å². The summed E-state index contributed by atoms with van der Waals surface area (Å²) >= 11 is 1.40. The Morgan fingerprint density at radius 3 is 2.34 bits per heavy atom. The summed E-state index contributed by atoms with van der Waals surface area (Å²) in [4.78, 5) is 42.5. The van der Waals surface area contributed by atoms with E-state index in [4.69, 9.17) is 5.73 Å². The summed E-state index contributed by atoms with van der Waals surface area (Å²) in [6.07, 6.45) is 0.356. The predicted molar refractivity (Wildman–Crippen MR) is 150 cm³/mol. The largest absolute Gasteiger partial charge is 0.508 e. The third kappa shape index (κ3) is 6.22. The van der Waals surface area contributed by atoms with Gasteiger partial charge < -0.3 is 20.4 Å². The summed E-state index contributed by atoms with van der Waals surface area (Å²) in [6.45, 7) is 11.1. The molecule has 8 nitrogen and oxygen atoms in total. The van der Waals surface area contributed by atoms with E-state index in [0.29, 0.717) is 17.5 Å². The highest BCUT2D eigenvalue weighted by Crippen LogP contribution is 2.41. The standard InChI is InChI=1S/C29H39N3O5S/c1-7-19-20(14-11-15-22(19)33)23(34)21(16-18-12-9-8-10-13-18)29(30,37)26(36)32-17-38-28(5,6)24(32)25(35)31-27(2,3)4/h8-15,21,24,33,37H,7,16-17,30H2,1-6H3,(H,31,35)/t21-,24?,29+/m1/s1. The molecule has 0 spiro atoms. The minimum atomic E-state index is -2.62. The van der Waals surface area contributed by atoms with E-state index in [1.807, 2.05) is 40.7 Å². The van der Waals surface area contributed by atoms with Gasteiger partial charge in [0.05, 0.1) is 11.8 Å². The van der Waals surface area contributed by atoms with Crippen molar-refractivity contribution in [1.82, 2.24) is 10.2 Å². The molecular weight excluding hydrogens is 502 g/mol. The van der Waals surface area contributed by atoms with Crippen molar-refractivity contribution in [3.8, 4) is 5.75 Å². The summed E-state index contributed by atoms with van der Waals surface area (Å²) in [6, 6.07) is 12.7. The Morgan fingerprint density at radius 1 is 1.13 bits per heavy atom. The van der Waals surface area contributed by atoms with Gasteiger partial charge in [0, 0.05) is 21.4 Å². The zero-order valence-corrected chi connectivity index (χ0v) is 23.8. The van der Waals surface area contributed by atoms with Gasteiger partial charge in [0.2, 0.25) is 11.6 Å². The van der Waals surface area contributed by atoms with Gasteiger partial charge in [-0.1, -0.05) is 49.4 Å². The Bertz CT molecular complexity index is 1190. The fourth-order valence-electron chi connectivity index (χ4n) is 4.88. The highest BCUT2D eigenvalue weighted by molar-refractivity contribution is 8.00. The first-order chi connectivity index (χ1) is 17.6. The summed E-state index contributed by atoms with van der Waals surface area (Å²) in [5.74, 6) is -3.08. The number of nitrogens with two attached hydrogens (primary N) is 1. The molecule has 0 saturated carbocycles. The van der Waals surface area contributed by atoms with Gasteiger partial charge in [0.25, 0.3) is 5.91 Å². The van der Waals surface area contributed by atoms with Crippen molar-refractivity contribution in [2.45, 2.75) is 76.4 Å². The fraction of sp³-hybridized carbons (Fsp3) is 0.483. The first-order valence-corrected chi connectivity index (χ1v) is 13.8. The van der Waals surface area contributed by atoms with Crippen molar-refractivity contribution in [3.63, 3.8) is 0 Å². The van der Waals surface area contributed by atoms with Crippen LogP contribution >= 0.6 is 11.8 Å². The molecule has 1 fully saturated rings. The third-order valence-electron chi connectivity index (χ3n) is 6.80. The Hall–Kier alpha value is -2.88. The van der Waals surface area contributed by atoms with Crippen LogP contribution in [0, 0.1) is 5.92 Å². The average molecular weight is 542 g/mol. The van der Waals surface area contributed by atoms with E-state index in [0.717, 1.165) is 0 Å². The minimum absolute atomic E-state index is 0.0134. The molecule has 0 radical (unpaired) electrons. The zero-order valence-electron chi connectivity index (χ0n) is 22.9. The lowest BCUT2D eigenvalue weighted by Crippen LogP contribution is -2.66. The van der Waals surface area contributed by atoms with Crippen molar-refractivity contribution in [2.24, 2.45) is 11.7 Å². The normalized spacial score (nSPS) is 19.5. The lowest BCUT2D eigenvalue weighted by atomic mass is 9.80. The van der Waals surface area contributed by atoms with Crippen molar-refractivity contribution in [3.05, 3.63) is 65.2 Å². The molecule has 1 aliphatic rings. The third-order valence-corrected chi connectivity index (χ3v) is 8.17. The number of phenols is 1. The van der Waals surface area contributed by atoms with Crippen LogP contribution in [0.1, 0.15) is 63.0 Å². The maximum atomic E-state index is 14.0. The van der Waals surface area contributed by atoms with Crippen LogP contribution in [0.25, 0.3) is 0 Å². The van der Waals surface area contributed by atoms with Crippen molar-refractivity contribution < 1.29 is 24.6 Å². The lowest BCUT2D eigenvalue weighted by molar-refractivity contribution is -0.159. The van der Waals surface area contributed by atoms with Crippen molar-refractivity contribution in [1.29, 1.82) is 0 Å². The number of nitrogens with zero attached hydrogens (tertiary/aromatic N) is 1. The molecule has 2 aromatic carbocycles. The Morgan fingerprint density at radius 2 is 1.76 bits per heavy atom. The van der Waals surface area contributed by atoms with Crippen LogP contribution in [-0.2, 0) is 22.4 Å². The zero-order chi connectivity index (χ0) is 28.5. The van der Waals surface area contributed by atoms with Gasteiger partial charge in [0.1, 0.15) is 11.8 Å². The number of thioether (sulfide) groups is 1. The van der Waals surface area contributed by atoms with Crippen LogP contribution in [0.3, 0.4) is 0 Å². The van der Waals surface area contributed by atoms with E-state index in [1.54, 1.807) is 43.3 Å². The number of ketones is 1. The predicted octanol–water partition coefficient (Wildman–Crippen LogP) is 3.24. The molecule has 0 aromatic heterocycles. The molecule has 5 N–H and O–H groups in total. The Balaban J connectivity index is 2.06. The summed E-state index contributed by atoms with van der Waals surface area (Å²) < 4.78 is -0.652. The number of rotatable bonds is 8. The van der Waals surface area contributed by atoms with Gasteiger partial charge in [-0.15, -0.1) is 11.8 Å². The van der Waals surface area contributed by atoms with Crippen LogP contribution in [-0.4, -0.2) is 60.6 Å². The smallest absolute Gasteiger partial charge is 0.271 e. The number of aromatic hydroxyl groups is 1. The summed E-state index contributed by atoms with van der Waals surface area (Å²) in [7, 11) is 0. The number of Topliss-reactive ketones (excluding diaryl/α,β-unsaturated/α-hetero) is 1. The Labute approximate surface area is 229 Å². The first-order valence-electron chi connectivity index (χ1n) is 12.8. The number of benzene rings is 2. The summed E-state index contributed by atoms with van der Waals surface area (Å²) in [5.41, 5.74) is 4.58. The van der Waals surface area contributed by atoms with Gasteiger partial charge in [-0.3, -0.25) is 20.1 Å². The Kier molecular flexibility index (Phi) is 8.65. The monoisotopic (exact) mass is 541 g/mol. The molecule has 3 rings (SSSR count). The number of phenolic OH excluding ortho intramolecular Hbond substituents is 1. The average Bonchev–Trinajstić information content (AvgIpc) is 3.15. The second kappa shape index (κ2) is 11.1. The molecule has 2 aromatic rings.